The van der Waals surface area contributed by atoms with Gasteiger partial charge < -0.3 is 25.4 Å². The summed E-state index contributed by atoms with van der Waals surface area (Å²) < 4.78 is 5.43. The highest BCUT2D eigenvalue weighted by Crippen LogP contribution is 2.69. The molecule has 4 fully saturated rings. The molecule has 6 heteroatoms. The van der Waals surface area contributed by atoms with Crippen LogP contribution in [0.3, 0.4) is 0 Å². The van der Waals surface area contributed by atoms with Crippen molar-refractivity contribution in [1.82, 2.24) is 5.32 Å². The zero-order chi connectivity index (χ0) is 26.5. The van der Waals surface area contributed by atoms with E-state index in [-0.39, 0.29) is 29.6 Å². The molecule has 0 bridgehead atoms. The van der Waals surface area contributed by atoms with Crippen molar-refractivity contribution in [2.45, 2.75) is 117 Å². The Morgan fingerprint density at radius 3 is 2.39 bits per heavy atom. The lowest BCUT2D eigenvalue weighted by Gasteiger charge is -2.64. The standard InChI is InChI=1S/C30H53NO5/c1-7-20-24-16-19(32)10-13-30(24,6)23-11-14-29(5)21(8-9-22(29)25(23)26(20)33)18(2)12-15-36-27(34)31-17-28(3,4)35/h18-26,32-33,35H,7-17H2,1-6H3,(H,31,34)/t18-,19-,20-,21-,22+,23+,24+,25+,26-,29-,30-/m1/s1. The molecule has 0 aromatic heterocycles. The molecule has 4 aliphatic rings. The molecule has 0 radical (unpaired) electrons. The molecule has 0 aliphatic heterocycles. The summed E-state index contributed by atoms with van der Waals surface area (Å²) in [5.74, 6) is 3.23. The molecule has 0 spiro atoms. The smallest absolute Gasteiger partial charge is 0.407 e. The predicted molar refractivity (Wildman–Crippen MR) is 141 cm³/mol. The first-order valence-corrected chi connectivity index (χ1v) is 14.8. The Bertz CT molecular complexity index is 782. The van der Waals surface area contributed by atoms with Crippen molar-refractivity contribution in [2.75, 3.05) is 13.2 Å². The van der Waals surface area contributed by atoms with E-state index in [1.54, 1.807) is 13.8 Å². The molecule has 208 valence electrons. The van der Waals surface area contributed by atoms with Gasteiger partial charge in [-0.2, -0.15) is 0 Å². The molecule has 0 aromatic rings. The van der Waals surface area contributed by atoms with Gasteiger partial charge in [-0.1, -0.05) is 34.1 Å². The Morgan fingerprint density at radius 1 is 1.06 bits per heavy atom. The van der Waals surface area contributed by atoms with Crippen LogP contribution in [0.15, 0.2) is 0 Å². The van der Waals surface area contributed by atoms with Gasteiger partial charge in [0.05, 0.1) is 24.4 Å². The maximum atomic E-state index is 12.0. The van der Waals surface area contributed by atoms with Crippen molar-refractivity contribution in [3.8, 4) is 0 Å². The molecular weight excluding hydrogens is 454 g/mol. The average molecular weight is 508 g/mol. The van der Waals surface area contributed by atoms with Gasteiger partial charge in [-0.25, -0.2) is 4.79 Å². The zero-order valence-electron chi connectivity index (χ0n) is 23.6. The molecular formula is C30H53NO5. The van der Waals surface area contributed by atoms with E-state index < -0.39 is 11.7 Å². The molecule has 4 N–H and O–H groups in total. The number of hydrogen-bond donors (Lipinski definition) is 4. The van der Waals surface area contributed by atoms with E-state index in [1.165, 1.54) is 25.7 Å². The van der Waals surface area contributed by atoms with Gasteiger partial charge >= 0.3 is 6.09 Å². The van der Waals surface area contributed by atoms with E-state index in [1.807, 2.05) is 0 Å². The van der Waals surface area contributed by atoms with Gasteiger partial charge in [-0.15, -0.1) is 0 Å². The number of amides is 1. The number of carbonyl (C=O) groups excluding carboxylic acids is 1. The molecule has 0 heterocycles. The Labute approximate surface area is 219 Å². The Kier molecular flexibility index (Phi) is 8.12. The van der Waals surface area contributed by atoms with Crippen molar-refractivity contribution in [3.05, 3.63) is 0 Å². The van der Waals surface area contributed by atoms with Crippen molar-refractivity contribution in [3.63, 3.8) is 0 Å². The molecule has 4 aliphatic carbocycles. The third-order valence-electron chi connectivity index (χ3n) is 11.6. The first-order chi connectivity index (χ1) is 16.8. The highest BCUT2D eigenvalue weighted by Gasteiger charge is 2.64. The predicted octanol–water partition coefficient (Wildman–Crippen LogP) is 5.14. The Balaban J connectivity index is 1.42. The molecule has 4 saturated carbocycles. The van der Waals surface area contributed by atoms with Crippen LogP contribution in [0.2, 0.25) is 0 Å². The monoisotopic (exact) mass is 507 g/mol. The molecule has 0 saturated heterocycles. The molecule has 6 nitrogen and oxygen atoms in total. The van der Waals surface area contributed by atoms with Gasteiger partial charge in [0, 0.05) is 6.54 Å². The van der Waals surface area contributed by atoms with Gasteiger partial charge in [-0.3, -0.25) is 0 Å². The van der Waals surface area contributed by atoms with E-state index in [9.17, 15) is 20.1 Å². The van der Waals surface area contributed by atoms with Crippen molar-refractivity contribution >= 4 is 6.09 Å². The molecule has 1 amide bonds. The first-order valence-electron chi connectivity index (χ1n) is 14.8. The van der Waals surface area contributed by atoms with Gasteiger partial charge in [-0.05, 0) is 117 Å². The molecule has 0 unspecified atom stereocenters. The van der Waals surface area contributed by atoms with Gasteiger partial charge in [0.25, 0.3) is 0 Å². The Hall–Kier alpha value is -0.850. The SMILES string of the molecule is CC[C@H]1[C@@H](O)[C@@H]2[C@H](CC[C@]3(C)[C@@H]([C@H](C)CCOC(=O)NCC(C)(C)O)CC[C@@H]23)[C@@]2(C)CC[C@@H](O)C[C@@H]12. The molecule has 0 aromatic carbocycles. The van der Waals surface area contributed by atoms with E-state index in [4.69, 9.17) is 4.74 Å². The van der Waals surface area contributed by atoms with Crippen LogP contribution < -0.4 is 5.32 Å². The van der Waals surface area contributed by atoms with E-state index in [2.05, 4.69) is 33.0 Å². The second kappa shape index (κ2) is 10.4. The summed E-state index contributed by atoms with van der Waals surface area (Å²) in [6.45, 7) is 13.4. The number of rotatable bonds is 7. The molecule has 4 rings (SSSR count). The van der Waals surface area contributed by atoms with E-state index in [0.29, 0.717) is 48.0 Å². The highest BCUT2D eigenvalue weighted by molar-refractivity contribution is 5.67. The van der Waals surface area contributed by atoms with Crippen LogP contribution in [-0.4, -0.2) is 52.4 Å². The second-order valence-electron chi connectivity index (χ2n) is 14.2. The zero-order valence-corrected chi connectivity index (χ0v) is 23.6. The number of aliphatic hydroxyl groups is 3. The fraction of sp³-hybridized carbons (Fsp3) is 0.967. The number of ether oxygens (including phenoxy) is 1. The molecule has 11 atom stereocenters. The lowest BCUT2D eigenvalue weighted by Crippen LogP contribution is -2.62. The van der Waals surface area contributed by atoms with Crippen LogP contribution in [0.5, 0.6) is 0 Å². The quantitative estimate of drug-likeness (QED) is 0.383. The third-order valence-corrected chi connectivity index (χ3v) is 11.6. The van der Waals surface area contributed by atoms with E-state index >= 15 is 0 Å². The second-order valence-corrected chi connectivity index (χ2v) is 14.2. The largest absolute Gasteiger partial charge is 0.450 e. The number of alkyl carbamates (subject to hydrolysis) is 1. The maximum absolute atomic E-state index is 12.0. The lowest BCUT2D eigenvalue weighted by atomic mass is 9.41. The normalized spacial score (nSPS) is 45.2. The number of hydrogen-bond acceptors (Lipinski definition) is 5. The summed E-state index contributed by atoms with van der Waals surface area (Å²) >= 11 is 0. The van der Waals surface area contributed by atoms with Crippen LogP contribution in [-0.2, 0) is 4.74 Å². The number of carbonyl (C=O) groups is 1. The van der Waals surface area contributed by atoms with Gasteiger partial charge in [0.15, 0.2) is 0 Å². The Morgan fingerprint density at radius 2 is 1.72 bits per heavy atom. The minimum atomic E-state index is -0.951. The topological polar surface area (TPSA) is 99.0 Å². The fourth-order valence-corrected chi connectivity index (χ4v) is 9.81. The highest BCUT2D eigenvalue weighted by atomic mass is 16.5. The van der Waals surface area contributed by atoms with Crippen molar-refractivity contribution in [2.24, 2.45) is 52.3 Å². The van der Waals surface area contributed by atoms with Crippen LogP contribution >= 0.6 is 0 Å². The van der Waals surface area contributed by atoms with Crippen molar-refractivity contribution in [1.29, 1.82) is 0 Å². The summed E-state index contributed by atoms with van der Waals surface area (Å²) in [7, 11) is 0. The first kappa shape index (κ1) is 28.2. The van der Waals surface area contributed by atoms with Crippen LogP contribution in [0, 0.1) is 52.3 Å². The van der Waals surface area contributed by atoms with Crippen LogP contribution in [0.1, 0.15) is 99.3 Å². The van der Waals surface area contributed by atoms with Crippen LogP contribution in [0.25, 0.3) is 0 Å². The average Bonchev–Trinajstić information content (AvgIpc) is 3.16. The number of nitrogens with one attached hydrogen (secondary N) is 1. The number of fused-ring (bicyclic) bond motifs is 5. The van der Waals surface area contributed by atoms with E-state index in [0.717, 1.165) is 32.1 Å². The minimum absolute atomic E-state index is 0.173. The summed E-state index contributed by atoms with van der Waals surface area (Å²) in [4.78, 5) is 12.0. The third kappa shape index (κ3) is 5.08. The summed E-state index contributed by atoms with van der Waals surface area (Å²) in [5.41, 5.74) is -0.493. The van der Waals surface area contributed by atoms with Gasteiger partial charge in [0.2, 0.25) is 0 Å². The number of aliphatic hydroxyl groups excluding tert-OH is 2. The summed E-state index contributed by atoms with van der Waals surface area (Å²) in [6, 6.07) is 0. The fourth-order valence-electron chi connectivity index (χ4n) is 9.81. The minimum Gasteiger partial charge on any atom is -0.450 e. The maximum Gasteiger partial charge on any atom is 0.407 e. The molecule has 36 heavy (non-hydrogen) atoms. The van der Waals surface area contributed by atoms with Crippen molar-refractivity contribution < 1.29 is 24.9 Å². The summed E-state index contributed by atoms with van der Waals surface area (Å²) in [5, 5.41) is 34.8. The summed E-state index contributed by atoms with van der Waals surface area (Å²) in [6.07, 6.45) is 8.57. The van der Waals surface area contributed by atoms with Gasteiger partial charge in [0.1, 0.15) is 0 Å². The lowest BCUT2D eigenvalue weighted by molar-refractivity contribution is -0.203. The van der Waals surface area contributed by atoms with Crippen LogP contribution in [0.4, 0.5) is 4.79 Å².